The van der Waals surface area contributed by atoms with E-state index in [-0.39, 0.29) is 0 Å². The number of hydrogen-bond acceptors (Lipinski definition) is 2. The minimum atomic E-state index is 0.608. The fourth-order valence-corrected chi connectivity index (χ4v) is 3.33. The van der Waals surface area contributed by atoms with Gasteiger partial charge in [-0.05, 0) is 59.7 Å². The molecule has 1 aliphatic carbocycles. The summed E-state index contributed by atoms with van der Waals surface area (Å²) in [6.45, 7) is 2.29. The minimum absolute atomic E-state index is 0.608. The predicted octanol–water partition coefficient (Wildman–Crippen LogP) is 5.23. The summed E-state index contributed by atoms with van der Waals surface area (Å²) >= 11 is 3.61. The fraction of sp³-hybridized carbons (Fsp3) is 0.625. The average molecular weight is 326 g/mol. The van der Waals surface area contributed by atoms with Gasteiger partial charge in [-0.2, -0.15) is 0 Å². The zero-order chi connectivity index (χ0) is 13.7. The van der Waals surface area contributed by atoms with Gasteiger partial charge in [-0.3, -0.25) is 0 Å². The van der Waals surface area contributed by atoms with Gasteiger partial charge in [0.2, 0.25) is 0 Å². The number of anilines is 1. The van der Waals surface area contributed by atoms with Crippen molar-refractivity contribution in [1.29, 1.82) is 0 Å². The molecular formula is C16H24BrNO. The third-order valence-electron chi connectivity index (χ3n) is 4.08. The summed E-state index contributed by atoms with van der Waals surface area (Å²) in [5, 5.41) is 3.66. The molecule has 0 heterocycles. The van der Waals surface area contributed by atoms with Crippen LogP contribution in [0.5, 0.6) is 5.75 Å². The van der Waals surface area contributed by atoms with Crippen molar-refractivity contribution in [2.75, 3.05) is 12.4 Å². The number of halogens is 1. The molecule has 1 fully saturated rings. The predicted molar refractivity (Wildman–Crippen MR) is 85.0 cm³/mol. The quantitative estimate of drug-likeness (QED) is 0.800. The molecule has 0 radical (unpaired) electrons. The Morgan fingerprint density at radius 1 is 1.26 bits per heavy atom. The van der Waals surface area contributed by atoms with Crippen molar-refractivity contribution < 1.29 is 4.74 Å². The highest BCUT2D eigenvalue weighted by atomic mass is 79.9. The first-order chi connectivity index (χ1) is 9.22. The van der Waals surface area contributed by atoms with Gasteiger partial charge in [-0.1, -0.05) is 19.8 Å². The number of benzene rings is 1. The van der Waals surface area contributed by atoms with E-state index < -0.39 is 0 Å². The average Bonchev–Trinajstić information content (AvgIpc) is 2.44. The Hall–Kier alpha value is -0.700. The van der Waals surface area contributed by atoms with Crippen molar-refractivity contribution in [3.8, 4) is 5.75 Å². The van der Waals surface area contributed by atoms with E-state index in [1.807, 2.05) is 12.1 Å². The first-order valence-electron chi connectivity index (χ1n) is 7.33. The lowest BCUT2D eigenvalue weighted by Gasteiger charge is -2.30. The van der Waals surface area contributed by atoms with Crippen LogP contribution in [0.2, 0.25) is 0 Å². The van der Waals surface area contributed by atoms with Crippen LogP contribution >= 0.6 is 15.9 Å². The lowest BCUT2D eigenvalue weighted by atomic mass is 9.83. The van der Waals surface area contributed by atoms with E-state index in [2.05, 4.69) is 34.2 Å². The molecule has 0 aliphatic heterocycles. The highest BCUT2D eigenvalue weighted by molar-refractivity contribution is 9.10. The van der Waals surface area contributed by atoms with E-state index in [0.29, 0.717) is 6.04 Å². The molecule has 2 rings (SSSR count). The van der Waals surface area contributed by atoms with E-state index in [0.717, 1.165) is 21.8 Å². The molecule has 2 nitrogen and oxygen atoms in total. The molecule has 106 valence electrons. The van der Waals surface area contributed by atoms with Crippen LogP contribution in [0.4, 0.5) is 5.69 Å². The summed E-state index contributed by atoms with van der Waals surface area (Å²) in [6, 6.07) is 6.70. The van der Waals surface area contributed by atoms with Gasteiger partial charge in [0.1, 0.15) is 5.75 Å². The lowest BCUT2D eigenvalue weighted by Crippen LogP contribution is -2.26. The van der Waals surface area contributed by atoms with Gasteiger partial charge in [-0.25, -0.2) is 0 Å². The van der Waals surface area contributed by atoms with E-state index in [1.54, 1.807) is 7.11 Å². The van der Waals surface area contributed by atoms with Crippen LogP contribution < -0.4 is 10.1 Å². The Kier molecular flexibility index (Phi) is 5.56. The Morgan fingerprint density at radius 2 is 2.00 bits per heavy atom. The van der Waals surface area contributed by atoms with Gasteiger partial charge in [0.15, 0.2) is 0 Å². The third-order valence-corrected chi connectivity index (χ3v) is 4.77. The standard InChI is InChI=1S/C16H24BrNO/c1-3-4-12-5-7-13(8-6-12)18-16-11-14(19-2)9-10-15(16)17/h9-13,18H,3-8H2,1-2H3. The summed E-state index contributed by atoms with van der Waals surface area (Å²) in [4.78, 5) is 0. The van der Waals surface area contributed by atoms with E-state index in [4.69, 9.17) is 4.74 Å². The van der Waals surface area contributed by atoms with Crippen LogP contribution in [0, 0.1) is 5.92 Å². The molecule has 0 aromatic heterocycles. The molecule has 0 amide bonds. The topological polar surface area (TPSA) is 21.3 Å². The first kappa shape index (κ1) is 14.7. The number of ether oxygens (including phenoxy) is 1. The van der Waals surface area contributed by atoms with Gasteiger partial charge in [0.05, 0.1) is 12.8 Å². The molecule has 1 aliphatic rings. The Labute approximate surface area is 125 Å². The van der Waals surface area contributed by atoms with E-state index >= 15 is 0 Å². The van der Waals surface area contributed by atoms with Gasteiger partial charge in [0.25, 0.3) is 0 Å². The number of rotatable bonds is 5. The van der Waals surface area contributed by atoms with Crippen molar-refractivity contribution in [2.45, 2.75) is 51.5 Å². The van der Waals surface area contributed by atoms with Gasteiger partial charge >= 0.3 is 0 Å². The Morgan fingerprint density at radius 3 is 2.63 bits per heavy atom. The zero-order valence-electron chi connectivity index (χ0n) is 11.9. The Bertz CT molecular complexity index is 400. The van der Waals surface area contributed by atoms with Gasteiger partial charge in [0, 0.05) is 16.6 Å². The molecule has 3 heteroatoms. The molecule has 19 heavy (non-hydrogen) atoms. The smallest absolute Gasteiger partial charge is 0.121 e. The van der Waals surface area contributed by atoms with Crippen molar-refractivity contribution in [3.05, 3.63) is 22.7 Å². The number of hydrogen-bond donors (Lipinski definition) is 1. The second-order valence-corrected chi connectivity index (χ2v) is 6.35. The van der Waals surface area contributed by atoms with Crippen molar-refractivity contribution in [2.24, 2.45) is 5.92 Å². The zero-order valence-corrected chi connectivity index (χ0v) is 13.5. The van der Waals surface area contributed by atoms with Gasteiger partial charge < -0.3 is 10.1 Å². The summed E-state index contributed by atoms with van der Waals surface area (Å²) < 4.78 is 6.40. The largest absolute Gasteiger partial charge is 0.497 e. The molecule has 0 bridgehead atoms. The van der Waals surface area contributed by atoms with Crippen LogP contribution in [0.25, 0.3) is 0 Å². The molecule has 1 aromatic carbocycles. The van der Waals surface area contributed by atoms with E-state index in [9.17, 15) is 0 Å². The molecule has 1 saturated carbocycles. The maximum Gasteiger partial charge on any atom is 0.121 e. The van der Waals surface area contributed by atoms with Crippen LogP contribution in [0.15, 0.2) is 22.7 Å². The van der Waals surface area contributed by atoms with Crippen LogP contribution in [0.3, 0.4) is 0 Å². The molecule has 0 saturated heterocycles. The first-order valence-corrected chi connectivity index (χ1v) is 8.12. The fourth-order valence-electron chi connectivity index (χ4n) is 2.97. The summed E-state index contributed by atoms with van der Waals surface area (Å²) in [5.41, 5.74) is 1.15. The van der Waals surface area contributed by atoms with Crippen LogP contribution in [-0.2, 0) is 0 Å². The second kappa shape index (κ2) is 7.18. The van der Waals surface area contributed by atoms with Crippen LogP contribution in [-0.4, -0.2) is 13.2 Å². The van der Waals surface area contributed by atoms with Crippen LogP contribution in [0.1, 0.15) is 45.4 Å². The number of nitrogens with one attached hydrogen (secondary N) is 1. The van der Waals surface area contributed by atoms with Crippen molar-refractivity contribution in [3.63, 3.8) is 0 Å². The van der Waals surface area contributed by atoms with Crippen molar-refractivity contribution in [1.82, 2.24) is 0 Å². The highest BCUT2D eigenvalue weighted by Crippen LogP contribution is 2.32. The molecule has 1 N–H and O–H groups in total. The molecule has 1 aromatic rings. The SMILES string of the molecule is CCCC1CCC(Nc2cc(OC)ccc2Br)CC1. The summed E-state index contributed by atoms with van der Waals surface area (Å²) in [6.07, 6.45) is 8.03. The summed E-state index contributed by atoms with van der Waals surface area (Å²) in [7, 11) is 1.71. The number of methoxy groups -OCH3 is 1. The lowest BCUT2D eigenvalue weighted by molar-refractivity contribution is 0.319. The minimum Gasteiger partial charge on any atom is -0.497 e. The van der Waals surface area contributed by atoms with E-state index in [1.165, 1.54) is 38.5 Å². The Balaban J connectivity index is 1.91. The molecule has 0 spiro atoms. The van der Waals surface area contributed by atoms with Gasteiger partial charge in [-0.15, -0.1) is 0 Å². The molecule has 0 unspecified atom stereocenters. The second-order valence-electron chi connectivity index (χ2n) is 5.50. The normalized spacial score (nSPS) is 23.1. The molecule has 0 atom stereocenters. The maximum atomic E-state index is 5.29. The third kappa shape index (κ3) is 4.13. The highest BCUT2D eigenvalue weighted by Gasteiger charge is 2.20. The molecular weight excluding hydrogens is 302 g/mol. The van der Waals surface area contributed by atoms with Crippen molar-refractivity contribution >= 4 is 21.6 Å². The summed E-state index contributed by atoms with van der Waals surface area (Å²) in [5.74, 6) is 1.86. The maximum absolute atomic E-state index is 5.29. The monoisotopic (exact) mass is 325 g/mol.